The molecule has 0 radical (unpaired) electrons. The summed E-state index contributed by atoms with van der Waals surface area (Å²) in [6, 6.07) is 11.8. The first-order valence-corrected chi connectivity index (χ1v) is 21.4. The summed E-state index contributed by atoms with van der Waals surface area (Å²) in [5, 5.41) is 0. The van der Waals surface area contributed by atoms with E-state index in [1.165, 1.54) is 94.9 Å². The smallest absolute Gasteiger partial charge is 0.289 e. The standard InChI is InChI=1S/C32H51O5PS2/c1-4-5-6-7-8-9-10-11-12-13-14-15-16-17-18-19-28-38(33,39(34,35)31-24-20-29(2)21-25-31)40(36,37)32-26-22-30(3)23-27-32/h20-27H,4-19,28H2,1-3H3. The van der Waals surface area contributed by atoms with E-state index in [4.69, 9.17) is 0 Å². The van der Waals surface area contributed by atoms with Crippen LogP contribution in [0, 0.1) is 13.8 Å². The highest BCUT2D eigenvalue weighted by Gasteiger charge is 2.51. The molecule has 0 bridgehead atoms. The molecular formula is C32H51O5PS2. The van der Waals surface area contributed by atoms with Gasteiger partial charge in [-0.1, -0.05) is 139 Å². The minimum absolute atomic E-state index is 0.200. The van der Waals surface area contributed by atoms with E-state index in [9.17, 15) is 21.4 Å². The molecule has 0 unspecified atom stereocenters. The van der Waals surface area contributed by atoms with Gasteiger partial charge in [0.05, 0.1) is 9.79 Å². The summed E-state index contributed by atoms with van der Waals surface area (Å²) in [5.74, 6) is 0. The van der Waals surface area contributed by atoms with Gasteiger partial charge in [-0.25, -0.2) is 16.8 Å². The van der Waals surface area contributed by atoms with Gasteiger partial charge in [0.1, 0.15) is 0 Å². The van der Waals surface area contributed by atoms with Crippen LogP contribution in [0.4, 0.5) is 0 Å². The highest BCUT2D eigenvalue weighted by molar-refractivity contribution is 8.84. The van der Waals surface area contributed by atoms with E-state index in [2.05, 4.69) is 6.92 Å². The number of aryl methyl sites for hydroxylation is 2. The lowest BCUT2D eigenvalue weighted by atomic mass is 10.0. The van der Waals surface area contributed by atoms with Crippen molar-refractivity contribution >= 4 is 24.5 Å². The van der Waals surface area contributed by atoms with E-state index in [0.717, 1.165) is 30.4 Å². The van der Waals surface area contributed by atoms with Gasteiger partial charge < -0.3 is 0 Å². The molecule has 2 rings (SSSR count). The topological polar surface area (TPSA) is 85.3 Å². The summed E-state index contributed by atoms with van der Waals surface area (Å²) in [6.45, 7) is 5.88. The zero-order chi connectivity index (χ0) is 29.5. The van der Waals surface area contributed by atoms with Crippen LogP contribution >= 0.6 is 5.55 Å². The lowest BCUT2D eigenvalue weighted by Gasteiger charge is -2.19. The van der Waals surface area contributed by atoms with Crippen molar-refractivity contribution in [2.24, 2.45) is 0 Å². The number of benzene rings is 2. The monoisotopic (exact) mass is 610 g/mol. The number of rotatable bonds is 21. The number of unbranched alkanes of at least 4 members (excludes halogenated alkanes) is 15. The molecule has 0 N–H and O–H groups in total. The summed E-state index contributed by atoms with van der Waals surface area (Å²) in [6.07, 6.45) is 18.1. The van der Waals surface area contributed by atoms with Crippen LogP contribution in [-0.4, -0.2) is 23.0 Å². The third-order valence-corrected chi connectivity index (χ3v) is 22.0. The van der Waals surface area contributed by atoms with Crippen LogP contribution in [0.15, 0.2) is 58.3 Å². The molecule has 0 spiro atoms. The third-order valence-electron chi connectivity index (χ3n) is 7.66. The lowest BCUT2D eigenvalue weighted by molar-refractivity contribution is 0.531. The highest BCUT2D eigenvalue weighted by Crippen LogP contribution is 2.64. The third kappa shape index (κ3) is 10.1. The number of hydrogen-bond acceptors (Lipinski definition) is 5. The van der Waals surface area contributed by atoms with E-state index < -0.39 is 24.5 Å². The van der Waals surface area contributed by atoms with Gasteiger partial charge in [0, 0.05) is 6.16 Å². The molecule has 0 aliphatic heterocycles. The maximum atomic E-state index is 14.2. The van der Waals surface area contributed by atoms with Crippen molar-refractivity contribution in [3.05, 3.63) is 59.7 Å². The minimum Gasteiger partial charge on any atom is -0.289 e. The minimum atomic E-state index is -4.74. The van der Waals surface area contributed by atoms with Gasteiger partial charge in [-0.05, 0) is 44.5 Å². The predicted octanol–water partition coefficient (Wildman–Crippen LogP) is 10.0. The van der Waals surface area contributed by atoms with Gasteiger partial charge in [0.15, 0.2) is 0 Å². The van der Waals surface area contributed by atoms with E-state index >= 15 is 0 Å². The quantitative estimate of drug-likeness (QED) is 0.104. The largest absolute Gasteiger partial charge is 0.313 e. The molecule has 2 aromatic carbocycles. The molecule has 0 atom stereocenters. The Hall–Kier alpha value is -1.43. The van der Waals surface area contributed by atoms with Crippen LogP contribution < -0.4 is 0 Å². The van der Waals surface area contributed by atoms with Crippen molar-refractivity contribution in [1.29, 1.82) is 0 Å². The van der Waals surface area contributed by atoms with Crippen LogP contribution in [-0.2, 0) is 23.5 Å². The molecule has 0 heterocycles. The summed E-state index contributed by atoms with van der Waals surface area (Å²) in [4.78, 5) is -0.401. The highest BCUT2D eigenvalue weighted by atomic mass is 33.1. The van der Waals surface area contributed by atoms with Gasteiger partial charge in [-0.2, -0.15) is 0 Å². The van der Waals surface area contributed by atoms with Crippen LogP contribution in [0.3, 0.4) is 0 Å². The van der Waals surface area contributed by atoms with Gasteiger partial charge >= 0.3 is 5.55 Å². The summed E-state index contributed by atoms with van der Waals surface area (Å²) < 4.78 is 68.6. The van der Waals surface area contributed by atoms with E-state index in [1.54, 1.807) is 24.3 Å². The van der Waals surface area contributed by atoms with Gasteiger partial charge in [0.25, 0.3) is 0 Å². The fourth-order valence-electron chi connectivity index (χ4n) is 4.96. The number of hydrogen-bond donors (Lipinski definition) is 0. The molecule has 0 saturated carbocycles. The molecule has 5 nitrogen and oxygen atoms in total. The lowest BCUT2D eigenvalue weighted by Crippen LogP contribution is -2.15. The molecule has 0 amide bonds. The van der Waals surface area contributed by atoms with Crippen molar-refractivity contribution < 1.29 is 21.4 Å². The molecule has 0 saturated heterocycles. The molecule has 8 heteroatoms. The van der Waals surface area contributed by atoms with Gasteiger partial charge in [-0.3, -0.25) is 4.57 Å². The van der Waals surface area contributed by atoms with Gasteiger partial charge in [0.2, 0.25) is 18.9 Å². The van der Waals surface area contributed by atoms with E-state index in [-0.39, 0.29) is 16.0 Å². The SMILES string of the molecule is CCCCCCCCCCCCCCCCCCP(=O)(S(=O)(=O)c1ccc(C)cc1)S(=O)(=O)c1ccc(C)cc1. The van der Waals surface area contributed by atoms with Crippen molar-refractivity contribution in [2.75, 3.05) is 6.16 Å². The van der Waals surface area contributed by atoms with E-state index in [1.807, 2.05) is 13.8 Å². The zero-order valence-electron chi connectivity index (χ0n) is 24.9. The summed E-state index contributed by atoms with van der Waals surface area (Å²) in [5.41, 5.74) is -3.06. The molecule has 0 aliphatic carbocycles. The molecule has 2 aromatic rings. The van der Waals surface area contributed by atoms with E-state index in [0.29, 0.717) is 12.8 Å². The fourth-order valence-corrected chi connectivity index (χ4v) is 17.4. The molecular weight excluding hydrogens is 559 g/mol. The molecule has 226 valence electrons. The van der Waals surface area contributed by atoms with Crippen LogP contribution in [0.2, 0.25) is 0 Å². The van der Waals surface area contributed by atoms with Crippen LogP contribution in [0.1, 0.15) is 121 Å². The van der Waals surface area contributed by atoms with Crippen molar-refractivity contribution in [3.8, 4) is 0 Å². The Labute approximate surface area is 244 Å². The first kappa shape index (κ1) is 34.8. The predicted molar refractivity (Wildman–Crippen MR) is 169 cm³/mol. The summed E-state index contributed by atoms with van der Waals surface area (Å²) >= 11 is 0. The average molecular weight is 611 g/mol. The first-order valence-electron chi connectivity index (χ1n) is 15.3. The average Bonchev–Trinajstić information content (AvgIpc) is 2.93. The molecule has 0 aliphatic rings. The second-order valence-electron chi connectivity index (χ2n) is 11.2. The van der Waals surface area contributed by atoms with Gasteiger partial charge in [-0.15, -0.1) is 0 Å². The Morgan fingerprint density at radius 3 is 1.05 bits per heavy atom. The second-order valence-corrected chi connectivity index (χ2v) is 22.8. The Morgan fingerprint density at radius 2 is 0.750 bits per heavy atom. The van der Waals surface area contributed by atoms with Crippen LogP contribution in [0.25, 0.3) is 0 Å². The Balaban J connectivity index is 1.86. The van der Waals surface area contributed by atoms with Crippen molar-refractivity contribution in [1.82, 2.24) is 0 Å². The normalized spacial score (nSPS) is 12.6. The molecule has 0 aromatic heterocycles. The Bertz CT molecular complexity index is 1170. The van der Waals surface area contributed by atoms with Crippen molar-refractivity contribution in [2.45, 2.75) is 133 Å². The Kier molecular flexibility index (Phi) is 15.2. The fraction of sp³-hybridized carbons (Fsp3) is 0.625. The molecule has 40 heavy (non-hydrogen) atoms. The zero-order valence-corrected chi connectivity index (χ0v) is 27.5. The Morgan fingerprint density at radius 1 is 0.475 bits per heavy atom. The maximum absolute atomic E-state index is 14.2. The first-order chi connectivity index (χ1) is 19.1. The van der Waals surface area contributed by atoms with Crippen LogP contribution in [0.5, 0.6) is 0 Å². The maximum Gasteiger partial charge on any atom is 0.313 e. The second kappa shape index (κ2) is 17.5. The summed E-state index contributed by atoms with van der Waals surface area (Å²) in [7, 11) is -9.17. The van der Waals surface area contributed by atoms with Crippen molar-refractivity contribution in [3.63, 3.8) is 0 Å². The molecule has 0 fully saturated rings.